The molecule has 1 saturated heterocycles. The van der Waals surface area contributed by atoms with Crippen LogP contribution in [0, 0.1) is 11.3 Å². The first kappa shape index (κ1) is 16.1. The van der Waals surface area contributed by atoms with Crippen molar-refractivity contribution in [2.45, 2.75) is 39.0 Å². The highest BCUT2D eigenvalue weighted by Gasteiger charge is 2.59. The highest BCUT2D eigenvalue weighted by atomic mass is 16.5. The summed E-state index contributed by atoms with van der Waals surface area (Å²) in [6.45, 7) is 5.85. The van der Waals surface area contributed by atoms with E-state index in [-0.39, 0.29) is 23.6 Å². The van der Waals surface area contributed by atoms with E-state index in [9.17, 15) is 4.79 Å². The minimum absolute atomic E-state index is 0.00781. The Kier molecular flexibility index (Phi) is 4.00. The van der Waals surface area contributed by atoms with Gasteiger partial charge in [0.1, 0.15) is 0 Å². The third kappa shape index (κ3) is 3.02. The van der Waals surface area contributed by atoms with Crippen molar-refractivity contribution in [1.29, 1.82) is 0 Å². The third-order valence-electron chi connectivity index (χ3n) is 5.50. The topological polar surface area (TPSA) is 68.2 Å². The Balaban J connectivity index is 1.33. The molecule has 2 N–H and O–H groups in total. The molecule has 1 aliphatic carbocycles. The van der Waals surface area contributed by atoms with Gasteiger partial charge in [-0.2, -0.15) is 5.10 Å². The van der Waals surface area contributed by atoms with Gasteiger partial charge < -0.3 is 15.4 Å². The second-order valence-electron chi connectivity index (χ2n) is 7.54. The van der Waals surface area contributed by atoms with Gasteiger partial charge in [0.2, 0.25) is 0 Å². The summed E-state index contributed by atoms with van der Waals surface area (Å²) in [6, 6.07) is 9.78. The quantitative estimate of drug-likeness (QED) is 0.899. The molecule has 1 aromatic carbocycles. The van der Waals surface area contributed by atoms with Crippen LogP contribution in [0.2, 0.25) is 0 Å². The molecule has 2 fully saturated rings. The van der Waals surface area contributed by atoms with E-state index in [1.54, 1.807) is 6.20 Å². The molecule has 0 bridgehead atoms. The molecule has 1 aliphatic heterocycles. The van der Waals surface area contributed by atoms with E-state index in [4.69, 9.17) is 4.74 Å². The summed E-state index contributed by atoms with van der Waals surface area (Å²) < 4.78 is 7.64. The van der Waals surface area contributed by atoms with Crippen molar-refractivity contribution in [3.05, 3.63) is 48.3 Å². The molecule has 4 rings (SSSR count). The highest BCUT2D eigenvalue weighted by Crippen LogP contribution is 2.52. The van der Waals surface area contributed by atoms with Gasteiger partial charge in [0.25, 0.3) is 0 Å². The number of ether oxygens (including phenoxy) is 1. The fraction of sp³-hybridized carbons (Fsp3) is 0.474. The summed E-state index contributed by atoms with van der Waals surface area (Å²) in [5, 5.41) is 10.3. The number of nitrogens with zero attached hydrogens (tertiary/aromatic N) is 2. The van der Waals surface area contributed by atoms with E-state index in [2.05, 4.69) is 29.6 Å². The van der Waals surface area contributed by atoms with Gasteiger partial charge in [-0.05, 0) is 30.2 Å². The lowest BCUT2D eigenvalue weighted by Crippen LogP contribution is -2.67. The molecule has 3 atom stereocenters. The van der Waals surface area contributed by atoms with Crippen LogP contribution in [0.25, 0.3) is 0 Å². The molecule has 2 amide bonds. The van der Waals surface area contributed by atoms with Gasteiger partial charge in [-0.1, -0.05) is 26.0 Å². The van der Waals surface area contributed by atoms with Crippen LogP contribution in [-0.2, 0) is 11.3 Å². The summed E-state index contributed by atoms with van der Waals surface area (Å²) in [5.41, 5.74) is 1.92. The summed E-state index contributed by atoms with van der Waals surface area (Å²) in [6.07, 6.45) is 5.00. The first-order valence-corrected chi connectivity index (χ1v) is 8.79. The van der Waals surface area contributed by atoms with Crippen LogP contribution in [0.3, 0.4) is 0 Å². The Labute approximate surface area is 147 Å². The first-order chi connectivity index (χ1) is 12.0. The molecule has 2 heterocycles. The number of nitrogens with one attached hydrogen (secondary N) is 2. The van der Waals surface area contributed by atoms with Crippen LogP contribution in [0.1, 0.15) is 25.8 Å². The summed E-state index contributed by atoms with van der Waals surface area (Å²) in [4.78, 5) is 12.4. The van der Waals surface area contributed by atoms with Gasteiger partial charge in [0.15, 0.2) is 0 Å². The molecule has 0 spiro atoms. The van der Waals surface area contributed by atoms with E-state index in [1.165, 1.54) is 0 Å². The molecule has 2 aliphatic rings. The number of carbonyl (C=O) groups is 1. The Hall–Kier alpha value is -2.34. The van der Waals surface area contributed by atoms with Crippen LogP contribution >= 0.6 is 0 Å². The number of aromatic nitrogens is 2. The predicted molar refractivity (Wildman–Crippen MR) is 95.3 cm³/mol. The van der Waals surface area contributed by atoms with Gasteiger partial charge in [0.05, 0.1) is 12.6 Å². The molecule has 25 heavy (non-hydrogen) atoms. The standard InChI is InChI=1S/C19H24N4O2/c1-19(2)16(15-8-11-25-17(15)19)22-18(24)21-14-6-4-13(5-7-14)12-23-10-3-9-20-23/h3-7,9-10,15-17H,8,11-12H2,1-2H3,(H2,21,22,24). The smallest absolute Gasteiger partial charge is 0.319 e. The third-order valence-corrected chi connectivity index (χ3v) is 5.50. The Morgan fingerprint density at radius 2 is 2.16 bits per heavy atom. The van der Waals surface area contributed by atoms with Crippen molar-refractivity contribution in [3.8, 4) is 0 Å². The molecule has 6 nitrogen and oxygen atoms in total. The van der Waals surface area contributed by atoms with Crippen molar-refractivity contribution in [1.82, 2.24) is 15.1 Å². The molecular formula is C19H24N4O2. The molecule has 6 heteroatoms. The number of benzene rings is 1. The molecule has 3 unspecified atom stereocenters. The number of carbonyl (C=O) groups excluding carboxylic acids is 1. The summed E-state index contributed by atoms with van der Waals surface area (Å²) in [7, 11) is 0. The van der Waals surface area contributed by atoms with E-state index in [0.717, 1.165) is 30.8 Å². The van der Waals surface area contributed by atoms with Gasteiger partial charge in [0, 0.05) is 42.1 Å². The SMILES string of the molecule is CC1(C)C(NC(=O)Nc2ccc(Cn3cccn3)cc2)C2CCOC21. The minimum atomic E-state index is -0.150. The molecule has 1 aromatic heterocycles. The lowest BCUT2D eigenvalue weighted by atomic mass is 9.57. The molecule has 1 saturated carbocycles. The second-order valence-corrected chi connectivity index (χ2v) is 7.54. The number of amides is 2. The van der Waals surface area contributed by atoms with Gasteiger partial charge in [-0.25, -0.2) is 4.79 Å². The van der Waals surface area contributed by atoms with E-state index >= 15 is 0 Å². The number of hydrogen-bond acceptors (Lipinski definition) is 3. The fourth-order valence-corrected chi connectivity index (χ4v) is 4.20. The fourth-order valence-electron chi connectivity index (χ4n) is 4.20. The van der Waals surface area contributed by atoms with E-state index < -0.39 is 0 Å². The summed E-state index contributed by atoms with van der Waals surface area (Å²) in [5.74, 6) is 0.442. The largest absolute Gasteiger partial charge is 0.377 e. The average molecular weight is 340 g/mol. The van der Waals surface area contributed by atoms with Gasteiger partial charge >= 0.3 is 6.03 Å². The lowest BCUT2D eigenvalue weighted by Gasteiger charge is -2.54. The molecule has 132 valence electrons. The lowest BCUT2D eigenvalue weighted by molar-refractivity contribution is -0.107. The molecular weight excluding hydrogens is 316 g/mol. The van der Waals surface area contributed by atoms with Crippen LogP contribution < -0.4 is 10.6 Å². The number of urea groups is 1. The maximum Gasteiger partial charge on any atom is 0.319 e. The number of fused-ring (bicyclic) bond motifs is 1. The van der Waals surface area contributed by atoms with Crippen LogP contribution in [0.15, 0.2) is 42.7 Å². The van der Waals surface area contributed by atoms with Crippen LogP contribution in [0.4, 0.5) is 10.5 Å². The first-order valence-electron chi connectivity index (χ1n) is 8.79. The van der Waals surface area contributed by atoms with Crippen molar-refractivity contribution < 1.29 is 9.53 Å². The van der Waals surface area contributed by atoms with Gasteiger partial charge in [-0.3, -0.25) is 4.68 Å². The monoisotopic (exact) mass is 340 g/mol. The molecule has 2 aromatic rings. The Bertz CT molecular complexity index is 739. The number of hydrogen-bond donors (Lipinski definition) is 2. The normalized spacial score (nSPS) is 26.6. The average Bonchev–Trinajstić information content (AvgIpc) is 3.25. The highest BCUT2D eigenvalue weighted by molar-refractivity contribution is 5.89. The van der Waals surface area contributed by atoms with Crippen molar-refractivity contribution in [3.63, 3.8) is 0 Å². The van der Waals surface area contributed by atoms with E-state index in [1.807, 2.05) is 41.2 Å². The van der Waals surface area contributed by atoms with Crippen molar-refractivity contribution in [2.75, 3.05) is 11.9 Å². The number of anilines is 1. The zero-order chi connectivity index (χ0) is 17.4. The van der Waals surface area contributed by atoms with Crippen LogP contribution in [0.5, 0.6) is 0 Å². The summed E-state index contributed by atoms with van der Waals surface area (Å²) >= 11 is 0. The van der Waals surface area contributed by atoms with Crippen LogP contribution in [-0.4, -0.2) is 34.6 Å². The number of rotatable bonds is 4. The second kappa shape index (κ2) is 6.19. The maximum absolute atomic E-state index is 12.4. The molecule has 0 radical (unpaired) electrons. The Morgan fingerprint density at radius 3 is 2.88 bits per heavy atom. The van der Waals surface area contributed by atoms with Crippen molar-refractivity contribution >= 4 is 11.7 Å². The zero-order valence-electron chi connectivity index (χ0n) is 14.6. The maximum atomic E-state index is 12.4. The van der Waals surface area contributed by atoms with Crippen molar-refractivity contribution in [2.24, 2.45) is 11.3 Å². The van der Waals surface area contributed by atoms with Gasteiger partial charge in [-0.15, -0.1) is 0 Å². The van der Waals surface area contributed by atoms with E-state index in [0.29, 0.717) is 5.92 Å². The Morgan fingerprint density at radius 1 is 1.36 bits per heavy atom. The predicted octanol–water partition coefficient (Wildman–Crippen LogP) is 2.87. The minimum Gasteiger partial charge on any atom is -0.377 e. The zero-order valence-corrected chi connectivity index (χ0v) is 14.6.